The Hall–Kier alpha value is -2.46. The standard InChI is InChI=1S/C14H16N6O3S/c21-14-7-11(18-13-4-5-17-20(13)14)12-3-1-2-6-19(12)24(22,23)10-8-15-16-9-10/h4-5,7-9,12,17H,1-3,6H2,(H,15,16). The minimum Gasteiger partial charge on any atom is -0.297 e. The average Bonchev–Trinajstić information content (AvgIpc) is 3.26. The molecule has 1 saturated heterocycles. The number of aromatic amines is 2. The zero-order valence-corrected chi connectivity index (χ0v) is 13.5. The van der Waals surface area contributed by atoms with Crippen LogP contribution in [0.15, 0.2) is 40.4 Å². The van der Waals surface area contributed by atoms with Gasteiger partial charge in [-0.3, -0.25) is 15.0 Å². The van der Waals surface area contributed by atoms with Gasteiger partial charge in [-0.05, 0) is 12.8 Å². The topological polar surface area (TPSA) is 116 Å². The molecule has 126 valence electrons. The van der Waals surface area contributed by atoms with Crippen LogP contribution in [0, 0.1) is 0 Å². The first-order valence-corrected chi connectivity index (χ1v) is 9.09. The van der Waals surface area contributed by atoms with Crippen LogP contribution in [0.3, 0.4) is 0 Å². The zero-order chi connectivity index (χ0) is 16.7. The number of sulfonamides is 1. The minimum atomic E-state index is -3.69. The van der Waals surface area contributed by atoms with E-state index in [1.807, 2.05) is 0 Å². The highest BCUT2D eigenvalue weighted by Gasteiger charge is 2.36. The Bertz CT molecular complexity index is 1020. The van der Waals surface area contributed by atoms with Gasteiger partial charge in [0, 0.05) is 31.1 Å². The van der Waals surface area contributed by atoms with Crippen molar-refractivity contribution < 1.29 is 8.42 Å². The summed E-state index contributed by atoms with van der Waals surface area (Å²) in [5, 5.41) is 9.03. The molecule has 0 radical (unpaired) electrons. The number of hydrogen-bond acceptors (Lipinski definition) is 5. The van der Waals surface area contributed by atoms with Crippen molar-refractivity contribution in [1.82, 2.24) is 29.1 Å². The molecule has 9 nitrogen and oxygen atoms in total. The van der Waals surface area contributed by atoms with Crippen LogP contribution in [0.2, 0.25) is 0 Å². The maximum atomic E-state index is 12.9. The Labute approximate surface area is 137 Å². The largest absolute Gasteiger partial charge is 0.297 e. The maximum Gasteiger partial charge on any atom is 0.272 e. The van der Waals surface area contributed by atoms with Gasteiger partial charge in [0.05, 0.1) is 17.9 Å². The van der Waals surface area contributed by atoms with Gasteiger partial charge >= 0.3 is 0 Å². The van der Waals surface area contributed by atoms with E-state index in [1.54, 1.807) is 12.3 Å². The van der Waals surface area contributed by atoms with E-state index >= 15 is 0 Å². The van der Waals surface area contributed by atoms with Crippen molar-refractivity contribution in [2.75, 3.05) is 6.54 Å². The molecule has 3 aromatic rings. The molecule has 1 atom stereocenters. The van der Waals surface area contributed by atoms with Crippen molar-refractivity contribution in [2.45, 2.75) is 30.2 Å². The van der Waals surface area contributed by atoms with E-state index in [1.165, 1.54) is 27.3 Å². The number of H-pyrrole nitrogens is 2. The van der Waals surface area contributed by atoms with Crippen LogP contribution < -0.4 is 5.56 Å². The zero-order valence-electron chi connectivity index (χ0n) is 12.7. The highest BCUT2D eigenvalue weighted by atomic mass is 32.2. The van der Waals surface area contributed by atoms with Crippen LogP contribution in [0.1, 0.15) is 31.0 Å². The van der Waals surface area contributed by atoms with Gasteiger partial charge in [-0.1, -0.05) is 6.42 Å². The fourth-order valence-electron chi connectivity index (χ4n) is 3.12. The number of piperidine rings is 1. The van der Waals surface area contributed by atoms with Gasteiger partial charge in [-0.2, -0.15) is 9.40 Å². The van der Waals surface area contributed by atoms with Crippen LogP contribution in [-0.2, 0) is 10.0 Å². The normalized spacial score (nSPS) is 19.8. The summed E-state index contributed by atoms with van der Waals surface area (Å²) in [6.07, 6.45) is 6.56. The predicted molar refractivity (Wildman–Crippen MR) is 84.9 cm³/mol. The first kappa shape index (κ1) is 15.1. The number of rotatable bonds is 3. The molecular weight excluding hydrogens is 332 g/mol. The Morgan fingerprint density at radius 2 is 2.17 bits per heavy atom. The van der Waals surface area contributed by atoms with Crippen molar-refractivity contribution in [3.63, 3.8) is 0 Å². The van der Waals surface area contributed by atoms with Crippen molar-refractivity contribution in [2.24, 2.45) is 0 Å². The molecule has 4 rings (SSSR count). The van der Waals surface area contributed by atoms with Crippen LogP contribution in [0.4, 0.5) is 0 Å². The van der Waals surface area contributed by atoms with Crippen molar-refractivity contribution >= 4 is 15.7 Å². The van der Waals surface area contributed by atoms with E-state index in [2.05, 4.69) is 20.3 Å². The molecule has 10 heteroatoms. The van der Waals surface area contributed by atoms with Crippen LogP contribution >= 0.6 is 0 Å². The van der Waals surface area contributed by atoms with Gasteiger partial charge in [0.1, 0.15) is 4.90 Å². The molecule has 0 saturated carbocycles. The summed E-state index contributed by atoms with van der Waals surface area (Å²) in [5.74, 6) is 0. The monoisotopic (exact) mass is 348 g/mol. The van der Waals surface area contributed by atoms with Gasteiger partial charge in [0.15, 0.2) is 5.65 Å². The van der Waals surface area contributed by atoms with Gasteiger partial charge < -0.3 is 0 Å². The third kappa shape index (κ3) is 2.34. The summed E-state index contributed by atoms with van der Waals surface area (Å²) in [6, 6.07) is 2.63. The molecule has 0 spiro atoms. The third-order valence-electron chi connectivity index (χ3n) is 4.28. The molecule has 0 amide bonds. The maximum absolute atomic E-state index is 12.9. The van der Waals surface area contributed by atoms with Gasteiger partial charge in [0.25, 0.3) is 5.56 Å². The fraction of sp³-hybridized carbons (Fsp3) is 0.357. The van der Waals surface area contributed by atoms with E-state index < -0.39 is 16.1 Å². The van der Waals surface area contributed by atoms with E-state index in [-0.39, 0.29) is 10.5 Å². The number of nitrogens with zero attached hydrogens (tertiary/aromatic N) is 4. The molecular formula is C14H16N6O3S. The number of fused-ring (bicyclic) bond motifs is 1. The van der Waals surface area contributed by atoms with Gasteiger partial charge in [-0.25, -0.2) is 17.9 Å². The van der Waals surface area contributed by atoms with E-state index in [9.17, 15) is 13.2 Å². The number of nitrogens with one attached hydrogen (secondary N) is 2. The number of aromatic nitrogens is 5. The van der Waals surface area contributed by atoms with Crippen LogP contribution in [0.5, 0.6) is 0 Å². The molecule has 4 heterocycles. The predicted octanol–water partition coefficient (Wildman–Crippen LogP) is 0.662. The Kier molecular flexibility index (Phi) is 3.50. The van der Waals surface area contributed by atoms with Crippen LogP contribution in [0.25, 0.3) is 5.65 Å². The highest BCUT2D eigenvalue weighted by molar-refractivity contribution is 7.89. The molecule has 3 aromatic heterocycles. The van der Waals surface area contributed by atoms with Crippen molar-refractivity contribution in [3.05, 3.63) is 46.8 Å². The summed E-state index contributed by atoms with van der Waals surface area (Å²) in [7, 11) is -3.69. The lowest BCUT2D eigenvalue weighted by Crippen LogP contribution is -2.39. The summed E-state index contributed by atoms with van der Waals surface area (Å²) >= 11 is 0. The second-order valence-electron chi connectivity index (χ2n) is 5.74. The number of hydrogen-bond donors (Lipinski definition) is 2. The molecule has 0 aromatic carbocycles. The lowest BCUT2D eigenvalue weighted by molar-refractivity contribution is 0.251. The Morgan fingerprint density at radius 3 is 2.96 bits per heavy atom. The quantitative estimate of drug-likeness (QED) is 0.721. The first-order valence-electron chi connectivity index (χ1n) is 7.65. The molecule has 0 aliphatic carbocycles. The Balaban J connectivity index is 1.80. The molecule has 24 heavy (non-hydrogen) atoms. The first-order chi connectivity index (χ1) is 11.6. The molecule has 2 N–H and O–H groups in total. The second-order valence-corrected chi connectivity index (χ2v) is 7.63. The van der Waals surface area contributed by atoms with Gasteiger partial charge in [0.2, 0.25) is 10.0 Å². The molecule has 1 unspecified atom stereocenters. The molecule has 1 aliphatic heterocycles. The fourth-order valence-corrected chi connectivity index (χ4v) is 4.70. The summed E-state index contributed by atoms with van der Waals surface area (Å²) in [6.45, 7) is 0.395. The van der Waals surface area contributed by atoms with E-state index in [0.717, 1.165) is 12.8 Å². The van der Waals surface area contributed by atoms with E-state index in [0.29, 0.717) is 24.3 Å². The Morgan fingerprint density at radius 1 is 1.29 bits per heavy atom. The van der Waals surface area contributed by atoms with Crippen molar-refractivity contribution in [3.8, 4) is 0 Å². The van der Waals surface area contributed by atoms with Crippen LogP contribution in [-0.4, -0.2) is 44.1 Å². The summed E-state index contributed by atoms with van der Waals surface area (Å²) in [5.41, 5.74) is 0.696. The van der Waals surface area contributed by atoms with E-state index in [4.69, 9.17) is 0 Å². The SMILES string of the molecule is O=c1cc(C2CCCCN2S(=O)(=O)c2cn[nH]c2)nc2cc[nH]n12. The average molecular weight is 348 g/mol. The molecule has 1 aliphatic rings. The second kappa shape index (κ2) is 5.56. The smallest absolute Gasteiger partial charge is 0.272 e. The summed E-state index contributed by atoms with van der Waals surface area (Å²) < 4.78 is 28.5. The molecule has 1 fully saturated rings. The lowest BCUT2D eigenvalue weighted by Gasteiger charge is -2.33. The lowest BCUT2D eigenvalue weighted by atomic mass is 10.0. The molecule has 0 bridgehead atoms. The summed E-state index contributed by atoms with van der Waals surface area (Å²) in [4.78, 5) is 16.8. The highest BCUT2D eigenvalue weighted by Crippen LogP contribution is 2.34. The third-order valence-corrected chi connectivity index (χ3v) is 6.15. The van der Waals surface area contributed by atoms with Gasteiger partial charge in [-0.15, -0.1) is 0 Å². The minimum absolute atomic E-state index is 0.119. The van der Waals surface area contributed by atoms with Crippen molar-refractivity contribution in [1.29, 1.82) is 0 Å².